The number of benzene rings is 2. The largest absolute Gasteiger partial charge is 0.487 e. The molecule has 31 heavy (non-hydrogen) atoms. The minimum Gasteiger partial charge on any atom is -0.487 e. The van der Waals surface area contributed by atoms with Crippen LogP contribution in [0.5, 0.6) is 5.75 Å². The number of piperidine rings is 1. The number of carbonyl (C=O) groups is 1. The van der Waals surface area contributed by atoms with Crippen LogP contribution in [0.3, 0.4) is 0 Å². The maximum atomic E-state index is 11.8. The van der Waals surface area contributed by atoms with Gasteiger partial charge in [0, 0.05) is 19.1 Å². The summed E-state index contributed by atoms with van der Waals surface area (Å²) in [5, 5.41) is 3.85. The third-order valence-electron chi connectivity index (χ3n) is 5.13. The number of amides is 1. The number of aliphatic imine (C=N–C) groups is 1. The molecule has 3 N–H and O–H groups in total. The lowest BCUT2D eigenvalue weighted by Gasteiger charge is -2.31. The normalized spacial score (nSPS) is 14.9. The van der Waals surface area contributed by atoms with E-state index < -0.39 is 0 Å². The van der Waals surface area contributed by atoms with Crippen molar-refractivity contribution in [3.63, 3.8) is 0 Å². The van der Waals surface area contributed by atoms with Gasteiger partial charge in [0.1, 0.15) is 12.4 Å². The SMILES string of the molecule is CCOC(=O)N1CCC(NC(N)=NCc2ccccc2COc2ccccc2Cl)CC1. The lowest BCUT2D eigenvalue weighted by atomic mass is 10.1. The average molecular weight is 445 g/mol. The van der Waals surface area contributed by atoms with Crippen LogP contribution in [0.25, 0.3) is 0 Å². The number of carbonyl (C=O) groups excluding carboxylic acids is 1. The molecule has 2 aromatic rings. The Kier molecular flexibility index (Phi) is 8.41. The number of hydrogen-bond donors (Lipinski definition) is 2. The van der Waals surface area contributed by atoms with Crippen LogP contribution in [0.1, 0.15) is 30.9 Å². The first-order chi connectivity index (χ1) is 15.1. The second-order valence-electron chi connectivity index (χ2n) is 7.29. The molecule has 8 heteroatoms. The van der Waals surface area contributed by atoms with Crippen molar-refractivity contribution in [2.75, 3.05) is 19.7 Å². The summed E-state index contributed by atoms with van der Waals surface area (Å²) >= 11 is 6.17. The maximum absolute atomic E-state index is 11.8. The monoisotopic (exact) mass is 444 g/mol. The zero-order valence-corrected chi connectivity index (χ0v) is 18.5. The maximum Gasteiger partial charge on any atom is 0.409 e. The van der Waals surface area contributed by atoms with Gasteiger partial charge in [0.05, 0.1) is 18.2 Å². The Hall–Kier alpha value is -2.93. The van der Waals surface area contributed by atoms with Gasteiger partial charge in [-0.05, 0) is 43.0 Å². The van der Waals surface area contributed by atoms with E-state index in [0.29, 0.717) is 49.6 Å². The zero-order chi connectivity index (χ0) is 22.1. The number of hydrogen-bond acceptors (Lipinski definition) is 4. The van der Waals surface area contributed by atoms with Crippen molar-refractivity contribution in [3.05, 3.63) is 64.7 Å². The second-order valence-corrected chi connectivity index (χ2v) is 7.70. The molecule has 0 saturated carbocycles. The Bertz CT molecular complexity index is 898. The van der Waals surface area contributed by atoms with Crippen LogP contribution in [-0.4, -0.2) is 42.7 Å². The fourth-order valence-corrected chi connectivity index (χ4v) is 3.61. The molecule has 3 rings (SSSR count). The van der Waals surface area contributed by atoms with Gasteiger partial charge in [-0.15, -0.1) is 0 Å². The minimum absolute atomic E-state index is 0.188. The van der Waals surface area contributed by atoms with Gasteiger partial charge in [-0.25, -0.2) is 9.79 Å². The van der Waals surface area contributed by atoms with Gasteiger partial charge < -0.3 is 25.4 Å². The van der Waals surface area contributed by atoms with Crippen molar-refractivity contribution in [2.24, 2.45) is 10.7 Å². The molecule has 0 atom stereocenters. The Morgan fingerprint density at radius 1 is 1.16 bits per heavy atom. The molecule has 1 saturated heterocycles. The molecule has 0 bridgehead atoms. The summed E-state index contributed by atoms with van der Waals surface area (Å²) in [7, 11) is 0. The molecule has 1 fully saturated rings. The van der Waals surface area contributed by atoms with E-state index in [1.807, 2.05) is 49.4 Å². The van der Waals surface area contributed by atoms with Crippen LogP contribution in [-0.2, 0) is 17.9 Å². The predicted octanol–water partition coefficient (Wildman–Crippen LogP) is 3.94. The molecule has 1 aliphatic heterocycles. The number of likely N-dealkylation sites (tertiary alicyclic amines) is 1. The Morgan fingerprint density at radius 3 is 2.55 bits per heavy atom. The number of nitrogens with zero attached hydrogens (tertiary/aromatic N) is 2. The van der Waals surface area contributed by atoms with Crippen molar-refractivity contribution < 1.29 is 14.3 Å². The van der Waals surface area contributed by atoms with E-state index in [-0.39, 0.29) is 12.1 Å². The van der Waals surface area contributed by atoms with Crippen molar-refractivity contribution in [1.82, 2.24) is 10.2 Å². The number of halogens is 1. The van der Waals surface area contributed by atoms with Crippen LogP contribution >= 0.6 is 11.6 Å². The highest BCUT2D eigenvalue weighted by Crippen LogP contribution is 2.24. The van der Waals surface area contributed by atoms with E-state index >= 15 is 0 Å². The van der Waals surface area contributed by atoms with Gasteiger partial charge in [-0.2, -0.15) is 0 Å². The zero-order valence-electron chi connectivity index (χ0n) is 17.7. The first-order valence-corrected chi connectivity index (χ1v) is 10.9. The molecule has 0 radical (unpaired) electrons. The summed E-state index contributed by atoms with van der Waals surface area (Å²) in [6.07, 6.45) is 1.35. The highest BCUT2D eigenvalue weighted by Gasteiger charge is 2.23. The van der Waals surface area contributed by atoms with Crippen LogP contribution in [0.2, 0.25) is 5.02 Å². The fraction of sp³-hybridized carbons (Fsp3) is 0.391. The second kappa shape index (κ2) is 11.5. The lowest BCUT2D eigenvalue weighted by molar-refractivity contribution is 0.0963. The van der Waals surface area contributed by atoms with Crippen molar-refractivity contribution >= 4 is 23.7 Å². The Labute approximate surface area is 188 Å². The first kappa shape index (κ1) is 22.7. The summed E-state index contributed by atoms with van der Waals surface area (Å²) in [5.41, 5.74) is 8.18. The number of nitrogens with two attached hydrogens (primary N) is 1. The highest BCUT2D eigenvalue weighted by atomic mass is 35.5. The van der Waals surface area contributed by atoms with Gasteiger partial charge in [-0.3, -0.25) is 0 Å². The first-order valence-electron chi connectivity index (χ1n) is 10.5. The number of ether oxygens (including phenoxy) is 2. The van der Waals surface area contributed by atoms with Crippen LogP contribution in [0, 0.1) is 0 Å². The number of nitrogens with one attached hydrogen (secondary N) is 1. The quantitative estimate of drug-likeness (QED) is 0.498. The molecule has 0 spiro atoms. The minimum atomic E-state index is -0.252. The van der Waals surface area contributed by atoms with Crippen LogP contribution < -0.4 is 15.8 Å². The van der Waals surface area contributed by atoms with Crippen molar-refractivity contribution in [1.29, 1.82) is 0 Å². The van der Waals surface area contributed by atoms with Crippen molar-refractivity contribution in [3.8, 4) is 5.75 Å². The molecule has 0 aliphatic carbocycles. The standard InChI is InChI=1S/C23H29ClN4O3/c1-2-30-23(29)28-13-11-19(12-14-28)27-22(25)26-15-17-7-3-4-8-18(17)16-31-21-10-6-5-9-20(21)24/h3-10,19H,2,11-16H2,1H3,(H3,25,26,27). The van der Waals surface area contributed by atoms with E-state index in [4.69, 9.17) is 26.8 Å². The molecule has 0 aromatic heterocycles. The molecule has 1 aliphatic rings. The Balaban J connectivity index is 1.51. The summed E-state index contributed by atoms with van der Waals surface area (Å²) in [6, 6.07) is 15.6. The molecular formula is C23H29ClN4O3. The number of rotatable bonds is 7. The summed E-state index contributed by atoms with van der Waals surface area (Å²) in [6.45, 7) is 4.33. The van der Waals surface area contributed by atoms with Crippen LogP contribution in [0.4, 0.5) is 4.79 Å². The molecular weight excluding hydrogens is 416 g/mol. The third kappa shape index (κ3) is 6.79. The van der Waals surface area contributed by atoms with E-state index in [1.165, 1.54) is 0 Å². The third-order valence-corrected chi connectivity index (χ3v) is 5.44. The van der Waals surface area contributed by atoms with E-state index in [1.54, 1.807) is 11.0 Å². The highest BCUT2D eigenvalue weighted by molar-refractivity contribution is 6.32. The topological polar surface area (TPSA) is 89.2 Å². The van der Waals surface area contributed by atoms with Gasteiger partial charge in [0.15, 0.2) is 5.96 Å². The van der Waals surface area contributed by atoms with Crippen LogP contribution in [0.15, 0.2) is 53.5 Å². The van der Waals surface area contributed by atoms with E-state index in [0.717, 1.165) is 24.0 Å². The van der Waals surface area contributed by atoms with Gasteiger partial charge in [-0.1, -0.05) is 48.0 Å². The number of guanidine groups is 1. The average Bonchev–Trinajstić information content (AvgIpc) is 2.78. The summed E-state index contributed by atoms with van der Waals surface area (Å²) in [5.74, 6) is 1.05. The van der Waals surface area contributed by atoms with E-state index in [2.05, 4.69) is 10.3 Å². The molecule has 0 unspecified atom stereocenters. The molecule has 1 amide bonds. The summed E-state index contributed by atoms with van der Waals surface area (Å²) < 4.78 is 10.9. The van der Waals surface area contributed by atoms with E-state index in [9.17, 15) is 4.79 Å². The smallest absolute Gasteiger partial charge is 0.409 e. The van der Waals surface area contributed by atoms with Gasteiger partial charge in [0.2, 0.25) is 0 Å². The molecule has 166 valence electrons. The molecule has 7 nitrogen and oxygen atoms in total. The summed E-state index contributed by atoms with van der Waals surface area (Å²) in [4.78, 5) is 18.0. The van der Waals surface area contributed by atoms with Gasteiger partial charge >= 0.3 is 6.09 Å². The fourth-order valence-electron chi connectivity index (χ4n) is 3.42. The van der Waals surface area contributed by atoms with Crippen molar-refractivity contribution in [2.45, 2.75) is 39.0 Å². The predicted molar refractivity (Wildman–Crippen MR) is 122 cm³/mol. The molecule has 1 heterocycles. The lowest BCUT2D eigenvalue weighted by Crippen LogP contribution is -2.48. The molecule has 2 aromatic carbocycles. The Morgan fingerprint density at radius 2 is 1.84 bits per heavy atom. The van der Waals surface area contributed by atoms with Gasteiger partial charge in [0.25, 0.3) is 0 Å². The number of para-hydroxylation sites is 1.